The molecule has 0 amide bonds. The monoisotopic (exact) mass is 388 g/mol. The van der Waals surface area contributed by atoms with Gasteiger partial charge in [0.05, 0.1) is 17.6 Å². The fraction of sp³-hybridized carbons (Fsp3) is 0.440. The van der Waals surface area contributed by atoms with Crippen LogP contribution in [-0.2, 0) is 13.0 Å². The predicted molar refractivity (Wildman–Crippen MR) is 116 cm³/mol. The summed E-state index contributed by atoms with van der Waals surface area (Å²) in [5.41, 5.74) is 3.87. The predicted octanol–water partition coefficient (Wildman–Crippen LogP) is 4.39. The van der Waals surface area contributed by atoms with Gasteiger partial charge in [-0.3, -0.25) is 4.98 Å². The molecular weight excluding hydrogens is 358 g/mol. The Balaban J connectivity index is 1.37. The topological polar surface area (TPSA) is 29.2 Å². The molecule has 0 unspecified atom stereocenters. The summed E-state index contributed by atoms with van der Waals surface area (Å²) < 4.78 is 8.58. The first-order valence-electron chi connectivity index (χ1n) is 11.1. The Hall–Kier alpha value is -2.46. The molecule has 1 fully saturated rings. The molecule has 3 aromatic rings. The first-order chi connectivity index (χ1) is 14.4. The summed E-state index contributed by atoms with van der Waals surface area (Å²) in [7, 11) is 0. The number of pyridine rings is 2. The molecule has 0 saturated carbocycles. The van der Waals surface area contributed by atoms with E-state index in [4.69, 9.17) is 4.74 Å². The molecule has 0 radical (unpaired) electrons. The Morgan fingerprint density at radius 1 is 1.03 bits per heavy atom. The van der Waals surface area contributed by atoms with Crippen LogP contribution in [0.15, 0.2) is 48.9 Å². The standard InChI is InChI=1S/C25H30N3O/c1-2-12-27(13-3-1)14-6-16-29-21-9-10-22-23(17-21)25-8-5-15-28(25)19-24(22)20-7-4-11-26-18-20/h4,7,9-11,17-19H,1-3,5-6,8,12-16H2/q+1. The third kappa shape index (κ3) is 3.99. The average Bonchev–Trinajstić information content (AvgIpc) is 3.26. The molecule has 29 heavy (non-hydrogen) atoms. The summed E-state index contributed by atoms with van der Waals surface area (Å²) in [6.07, 6.45) is 13.7. The highest BCUT2D eigenvalue weighted by atomic mass is 16.5. The first kappa shape index (κ1) is 18.6. The minimum Gasteiger partial charge on any atom is -0.494 e. The molecule has 0 N–H and O–H groups in total. The zero-order chi connectivity index (χ0) is 19.5. The number of piperidine rings is 1. The average molecular weight is 389 g/mol. The smallest absolute Gasteiger partial charge is 0.189 e. The van der Waals surface area contributed by atoms with Crippen LogP contribution >= 0.6 is 0 Å². The van der Waals surface area contributed by atoms with E-state index >= 15 is 0 Å². The van der Waals surface area contributed by atoms with Crippen molar-refractivity contribution in [3.8, 4) is 16.9 Å². The van der Waals surface area contributed by atoms with Crippen molar-refractivity contribution >= 4 is 10.8 Å². The number of fused-ring (bicyclic) bond motifs is 3. The van der Waals surface area contributed by atoms with Crippen molar-refractivity contribution in [2.45, 2.75) is 45.1 Å². The van der Waals surface area contributed by atoms with Crippen molar-refractivity contribution in [1.29, 1.82) is 0 Å². The van der Waals surface area contributed by atoms with E-state index < -0.39 is 0 Å². The van der Waals surface area contributed by atoms with Crippen LogP contribution in [0.5, 0.6) is 5.75 Å². The molecule has 2 aliphatic rings. The number of nitrogens with zero attached hydrogens (tertiary/aromatic N) is 3. The van der Waals surface area contributed by atoms with Crippen molar-refractivity contribution in [3.63, 3.8) is 0 Å². The van der Waals surface area contributed by atoms with Crippen LogP contribution in [0.2, 0.25) is 0 Å². The molecule has 4 heterocycles. The molecule has 4 nitrogen and oxygen atoms in total. The van der Waals surface area contributed by atoms with E-state index in [2.05, 4.69) is 44.9 Å². The molecule has 150 valence electrons. The lowest BCUT2D eigenvalue weighted by atomic mass is 9.99. The molecule has 5 rings (SSSR count). The lowest BCUT2D eigenvalue weighted by molar-refractivity contribution is -0.689. The molecule has 0 atom stereocenters. The van der Waals surface area contributed by atoms with Crippen molar-refractivity contribution < 1.29 is 9.30 Å². The van der Waals surface area contributed by atoms with E-state index in [9.17, 15) is 0 Å². The zero-order valence-corrected chi connectivity index (χ0v) is 17.1. The third-order valence-corrected chi connectivity index (χ3v) is 6.34. The second-order valence-corrected chi connectivity index (χ2v) is 8.34. The maximum Gasteiger partial charge on any atom is 0.189 e. The van der Waals surface area contributed by atoms with Gasteiger partial charge in [-0.15, -0.1) is 0 Å². The van der Waals surface area contributed by atoms with Gasteiger partial charge < -0.3 is 9.64 Å². The van der Waals surface area contributed by atoms with Gasteiger partial charge in [-0.05, 0) is 56.6 Å². The first-order valence-corrected chi connectivity index (χ1v) is 11.1. The number of aromatic nitrogens is 2. The number of rotatable bonds is 6. The maximum absolute atomic E-state index is 6.16. The number of likely N-dealkylation sites (tertiary alicyclic amines) is 1. The largest absolute Gasteiger partial charge is 0.494 e. The molecular formula is C25H30N3O+. The molecule has 1 saturated heterocycles. The minimum atomic E-state index is 0.791. The number of hydrogen-bond acceptors (Lipinski definition) is 3. The highest BCUT2D eigenvalue weighted by molar-refractivity contribution is 5.97. The van der Waals surface area contributed by atoms with Crippen LogP contribution in [0.4, 0.5) is 0 Å². The molecule has 4 heteroatoms. The van der Waals surface area contributed by atoms with E-state index in [1.165, 1.54) is 66.4 Å². The van der Waals surface area contributed by atoms with Gasteiger partial charge >= 0.3 is 0 Å². The van der Waals surface area contributed by atoms with Gasteiger partial charge in [-0.25, -0.2) is 4.57 Å². The zero-order valence-electron chi connectivity index (χ0n) is 17.1. The van der Waals surface area contributed by atoms with Crippen LogP contribution in [0.25, 0.3) is 21.9 Å². The van der Waals surface area contributed by atoms with Crippen molar-refractivity contribution in [3.05, 3.63) is 54.6 Å². The summed E-state index contributed by atoms with van der Waals surface area (Å²) in [6, 6.07) is 10.8. The van der Waals surface area contributed by atoms with Crippen LogP contribution in [0, 0.1) is 0 Å². The summed E-state index contributed by atoms with van der Waals surface area (Å²) >= 11 is 0. The van der Waals surface area contributed by atoms with Gasteiger partial charge in [-0.1, -0.05) is 12.5 Å². The Morgan fingerprint density at radius 3 is 2.83 bits per heavy atom. The van der Waals surface area contributed by atoms with Gasteiger partial charge in [0.25, 0.3) is 0 Å². The van der Waals surface area contributed by atoms with Gasteiger partial charge in [0.1, 0.15) is 12.3 Å². The lowest BCUT2D eigenvalue weighted by Gasteiger charge is -2.26. The Kier molecular flexibility index (Phi) is 5.44. The van der Waals surface area contributed by atoms with E-state index in [1.807, 2.05) is 18.5 Å². The fourth-order valence-electron chi connectivity index (χ4n) is 4.85. The quantitative estimate of drug-likeness (QED) is 0.463. The highest BCUT2D eigenvalue weighted by Gasteiger charge is 2.25. The van der Waals surface area contributed by atoms with Crippen molar-refractivity contribution in [2.75, 3.05) is 26.2 Å². The Labute approximate surface area is 173 Å². The second-order valence-electron chi connectivity index (χ2n) is 8.34. The fourth-order valence-corrected chi connectivity index (χ4v) is 4.85. The molecule has 0 aliphatic carbocycles. The summed E-state index contributed by atoms with van der Waals surface area (Å²) in [4.78, 5) is 6.91. The van der Waals surface area contributed by atoms with E-state index in [-0.39, 0.29) is 0 Å². The lowest BCUT2D eigenvalue weighted by Crippen LogP contribution is -2.33. The normalized spacial score (nSPS) is 16.8. The van der Waals surface area contributed by atoms with Crippen LogP contribution in [0.3, 0.4) is 0 Å². The van der Waals surface area contributed by atoms with Crippen molar-refractivity contribution in [2.24, 2.45) is 0 Å². The summed E-state index contributed by atoms with van der Waals surface area (Å²) in [5.74, 6) is 0.995. The Morgan fingerprint density at radius 2 is 1.97 bits per heavy atom. The molecule has 2 aliphatic heterocycles. The number of hydrogen-bond donors (Lipinski definition) is 0. The van der Waals surface area contributed by atoms with E-state index in [0.717, 1.165) is 38.3 Å². The molecule has 1 aromatic carbocycles. The van der Waals surface area contributed by atoms with Crippen molar-refractivity contribution in [1.82, 2.24) is 9.88 Å². The molecule has 2 aromatic heterocycles. The SMILES string of the molecule is c1cncc(-c2c[n+]3c(c4cc(OCCCN5CCCCC5)ccc24)CCC3)c1. The van der Waals surface area contributed by atoms with Crippen LogP contribution in [0.1, 0.15) is 37.8 Å². The van der Waals surface area contributed by atoms with Gasteiger partial charge in [0.2, 0.25) is 0 Å². The number of ether oxygens (including phenoxy) is 1. The van der Waals surface area contributed by atoms with Crippen LogP contribution in [-0.4, -0.2) is 36.1 Å². The number of benzene rings is 1. The number of aryl methyl sites for hydroxylation is 2. The minimum absolute atomic E-state index is 0.791. The third-order valence-electron chi connectivity index (χ3n) is 6.34. The van der Waals surface area contributed by atoms with Gasteiger partial charge in [0.15, 0.2) is 11.9 Å². The second kappa shape index (κ2) is 8.50. The van der Waals surface area contributed by atoms with Gasteiger partial charge in [-0.2, -0.15) is 0 Å². The summed E-state index contributed by atoms with van der Waals surface area (Å²) in [5, 5.41) is 2.63. The van der Waals surface area contributed by atoms with E-state index in [0.29, 0.717) is 0 Å². The summed E-state index contributed by atoms with van der Waals surface area (Å²) in [6.45, 7) is 5.57. The Bertz CT molecular complexity index is 980. The maximum atomic E-state index is 6.16. The van der Waals surface area contributed by atoms with Crippen LogP contribution < -0.4 is 9.30 Å². The molecule has 0 bridgehead atoms. The molecule has 0 spiro atoms. The van der Waals surface area contributed by atoms with E-state index in [1.54, 1.807) is 0 Å². The highest BCUT2D eigenvalue weighted by Crippen LogP contribution is 2.32. The van der Waals surface area contributed by atoms with Gasteiger partial charge in [0, 0.05) is 42.7 Å².